The van der Waals surface area contributed by atoms with Gasteiger partial charge in [-0.05, 0) is 42.3 Å². The molecule has 1 aromatic heterocycles. The van der Waals surface area contributed by atoms with Crippen LogP contribution < -0.4 is 5.73 Å². The lowest BCUT2D eigenvalue weighted by molar-refractivity contribution is 0.100. The van der Waals surface area contributed by atoms with Crippen LogP contribution in [-0.2, 0) is 6.54 Å². The van der Waals surface area contributed by atoms with Crippen molar-refractivity contribution < 1.29 is 4.79 Å². The highest BCUT2D eigenvalue weighted by atomic mass is 16.1. The van der Waals surface area contributed by atoms with E-state index in [4.69, 9.17) is 5.73 Å². The van der Waals surface area contributed by atoms with Gasteiger partial charge in [0.25, 0.3) is 0 Å². The summed E-state index contributed by atoms with van der Waals surface area (Å²) in [4.78, 5) is 11.1. The standard InChI is InChI=1S/C17H16N2O/c1-12-3-2-4-16-15(12)9-10-19(16)11-13-5-7-14(8-6-13)17(18)20/h2-10H,11H2,1H3,(H2,18,20). The molecule has 0 unspecified atom stereocenters. The number of primary amides is 1. The predicted molar refractivity (Wildman–Crippen MR) is 80.7 cm³/mol. The Bertz CT molecular complexity index is 769. The number of fused-ring (bicyclic) bond motifs is 1. The molecule has 0 fully saturated rings. The van der Waals surface area contributed by atoms with Crippen LogP contribution in [0.1, 0.15) is 21.5 Å². The van der Waals surface area contributed by atoms with E-state index >= 15 is 0 Å². The number of rotatable bonds is 3. The maximum absolute atomic E-state index is 11.1. The van der Waals surface area contributed by atoms with Gasteiger partial charge in [-0.25, -0.2) is 0 Å². The van der Waals surface area contributed by atoms with Gasteiger partial charge in [-0.2, -0.15) is 0 Å². The average molecular weight is 264 g/mol. The fraction of sp³-hybridized carbons (Fsp3) is 0.118. The van der Waals surface area contributed by atoms with Crippen LogP contribution in [0.25, 0.3) is 10.9 Å². The fourth-order valence-electron chi connectivity index (χ4n) is 2.49. The van der Waals surface area contributed by atoms with Crippen molar-refractivity contribution in [1.29, 1.82) is 0 Å². The van der Waals surface area contributed by atoms with Gasteiger partial charge in [0.2, 0.25) is 5.91 Å². The molecule has 0 aliphatic carbocycles. The second-order valence-corrected chi connectivity index (χ2v) is 5.01. The van der Waals surface area contributed by atoms with Gasteiger partial charge >= 0.3 is 0 Å². The number of aromatic nitrogens is 1. The van der Waals surface area contributed by atoms with Crippen molar-refractivity contribution in [3.63, 3.8) is 0 Å². The SMILES string of the molecule is Cc1cccc2c1ccn2Cc1ccc(C(N)=O)cc1. The van der Waals surface area contributed by atoms with E-state index in [9.17, 15) is 4.79 Å². The first-order chi connectivity index (χ1) is 9.65. The highest BCUT2D eigenvalue weighted by Gasteiger charge is 2.04. The number of nitrogens with zero attached hydrogens (tertiary/aromatic N) is 1. The lowest BCUT2D eigenvalue weighted by Crippen LogP contribution is -2.10. The van der Waals surface area contributed by atoms with E-state index in [1.165, 1.54) is 16.5 Å². The highest BCUT2D eigenvalue weighted by Crippen LogP contribution is 2.20. The van der Waals surface area contributed by atoms with Crippen LogP contribution in [0.2, 0.25) is 0 Å². The molecule has 1 amide bonds. The van der Waals surface area contributed by atoms with E-state index in [-0.39, 0.29) is 0 Å². The third-order valence-corrected chi connectivity index (χ3v) is 3.62. The number of hydrogen-bond donors (Lipinski definition) is 1. The molecule has 3 rings (SSSR count). The quantitative estimate of drug-likeness (QED) is 0.776. The number of nitrogens with two attached hydrogens (primary N) is 1. The van der Waals surface area contributed by atoms with Crippen LogP contribution in [0.3, 0.4) is 0 Å². The second kappa shape index (κ2) is 4.85. The van der Waals surface area contributed by atoms with Gasteiger partial charge in [0.15, 0.2) is 0 Å². The summed E-state index contributed by atoms with van der Waals surface area (Å²) >= 11 is 0. The van der Waals surface area contributed by atoms with Gasteiger partial charge in [-0.15, -0.1) is 0 Å². The number of carbonyl (C=O) groups is 1. The molecule has 0 aliphatic rings. The van der Waals surface area contributed by atoms with Crippen molar-refractivity contribution in [2.24, 2.45) is 5.73 Å². The molecule has 0 spiro atoms. The number of carbonyl (C=O) groups excluding carboxylic acids is 1. The molecule has 3 nitrogen and oxygen atoms in total. The molecule has 0 saturated carbocycles. The number of benzene rings is 2. The van der Waals surface area contributed by atoms with Crippen molar-refractivity contribution in [2.75, 3.05) is 0 Å². The largest absolute Gasteiger partial charge is 0.366 e. The third kappa shape index (κ3) is 2.18. The molecule has 20 heavy (non-hydrogen) atoms. The Hall–Kier alpha value is -2.55. The Morgan fingerprint density at radius 2 is 1.85 bits per heavy atom. The Labute approximate surface area is 117 Å². The van der Waals surface area contributed by atoms with E-state index < -0.39 is 5.91 Å². The summed E-state index contributed by atoms with van der Waals surface area (Å²) in [6.45, 7) is 2.90. The number of amides is 1. The predicted octanol–water partition coefficient (Wildman–Crippen LogP) is 3.10. The normalized spacial score (nSPS) is 10.8. The maximum atomic E-state index is 11.1. The van der Waals surface area contributed by atoms with Crippen molar-refractivity contribution >= 4 is 16.8 Å². The van der Waals surface area contributed by atoms with Crippen LogP contribution >= 0.6 is 0 Å². The van der Waals surface area contributed by atoms with Crippen LogP contribution in [-0.4, -0.2) is 10.5 Å². The summed E-state index contributed by atoms with van der Waals surface area (Å²) in [5, 5.41) is 1.28. The first-order valence-electron chi connectivity index (χ1n) is 6.58. The highest BCUT2D eigenvalue weighted by molar-refractivity contribution is 5.92. The van der Waals surface area contributed by atoms with E-state index in [2.05, 4.69) is 42.0 Å². The molecular formula is C17H16N2O. The number of aryl methyl sites for hydroxylation is 1. The van der Waals surface area contributed by atoms with E-state index in [0.29, 0.717) is 5.56 Å². The summed E-state index contributed by atoms with van der Waals surface area (Å²) < 4.78 is 2.21. The monoisotopic (exact) mass is 264 g/mol. The molecule has 0 saturated heterocycles. The van der Waals surface area contributed by atoms with E-state index in [0.717, 1.165) is 12.1 Å². The van der Waals surface area contributed by atoms with Crippen molar-refractivity contribution in [2.45, 2.75) is 13.5 Å². The minimum atomic E-state index is -0.390. The van der Waals surface area contributed by atoms with Gasteiger partial charge in [0.1, 0.15) is 0 Å². The molecule has 2 aromatic carbocycles. The topological polar surface area (TPSA) is 48.0 Å². The molecule has 2 N–H and O–H groups in total. The average Bonchev–Trinajstić information content (AvgIpc) is 2.84. The fourth-order valence-corrected chi connectivity index (χ4v) is 2.49. The summed E-state index contributed by atoms with van der Waals surface area (Å²) in [6.07, 6.45) is 2.10. The van der Waals surface area contributed by atoms with Gasteiger partial charge in [-0.1, -0.05) is 24.3 Å². The van der Waals surface area contributed by atoms with Gasteiger partial charge in [0.05, 0.1) is 0 Å². The molecule has 0 radical (unpaired) electrons. The minimum Gasteiger partial charge on any atom is -0.366 e. The summed E-state index contributed by atoms with van der Waals surface area (Å²) in [6, 6.07) is 15.9. The zero-order valence-corrected chi connectivity index (χ0v) is 11.3. The molecule has 0 bridgehead atoms. The molecular weight excluding hydrogens is 248 g/mol. The first kappa shape index (κ1) is 12.5. The van der Waals surface area contributed by atoms with Gasteiger partial charge < -0.3 is 10.3 Å². The Kier molecular flexibility index (Phi) is 3.03. The molecule has 0 atom stereocenters. The van der Waals surface area contributed by atoms with E-state index in [1.807, 2.05) is 12.1 Å². The Morgan fingerprint density at radius 1 is 1.10 bits per heavy atom. The second-order valence-electron chi connectivity index (χ2n) is 5.01. The van der Waals surface area contributed by atoms with Gasteiger partial charge in [-0.3, -0.25) is 4.79 Å². The molecule has 3 aromatic rings. The summed E-state index contributed by atoms with van der Waals surface area (Å²) in [5.74, 6) is -0.390. The van der Waals surface area contributed by atoms with Crippen LogP contribution in [0.4, 0.5) is 0 Å². The molecule has 0 aliphatic heterocycles. The van der Waals surface area contributed by atoms with Crippen LogP contribution in [0.5, 0.6) is 0 Å². The summed E-state index contributed by atoms with van der Waals surface area (Å²) in [7, 11) is 0. The maximum Gasteiger partial charge on any atom is 0.248 e. The Morgan fingerprint density at radius 3 is 2.55 bits per heavy atom. The molecule has 3 heteroatoms. The lowest BCUT2D eigenvalue weighted by Gasteiger charge is -2.07. The van der Waals surface area contributed by atoms with Crippen molar-refractivity contribution in [3.05, 3.63) is 71.4 Å². The zero-order chi connectivity index (χ0) is 14.1. The van der Waals surface area contributed by atoms with Crippen LogP contribution in [0, 0.1) is 6.92 Å². The Balaban J connectivity index is 1.93. The third-order valence-electron chi connectivity index (χ3n) is 3.62. The van der Waals surface area contributed by atoms with Crippen LogP contribution in [0.15, 0.2) is 54.7 Å². The van der Waals surface area contributed by atoms with Crippen molar-refractivity contribution in [3.8, 4) is 0 Å². The lowest BCUT2D eigenvalue weighted by atomic mass is 10.1. The molecule has 100 valence electrons. The van der Waals surface area contributed by atoms with Gasteiger partial charge in [0, 0.05) is 29.2 Å². The molecule has 1 heterocycles. The smallest absolute Gasteiger partial charge is 0.248 e. The summed E-state index contributed by atoms with van der Waals surface area (Å²) in [5.41, 5.74) is 9.45. The van der Waals surface area contributed by atoms with Crippen molar-refractivity contribution in [1.82, 2.24) is 4.57 Å². The zero-order valence-electron chi connectivity index (χ0n) is 11.3. The number of hydrogen-bond acceptors (Lipinski definition) is 1. The minimum absolute atomic E-state index is 0.390. The first-order valence-corrected chi connectivity index (χ1v) is 6.58. The van der Waals surface area contributed by atoms with E-state index in [1.54, 1.807) is 12.1 Å².